The third-order valence-corrected chi connectivity index (χ3v) is 3.95. The van der Waals surface area contributed by atoms with Gasteiger partial charge >= 0.3 is 0 Å². The van der Waals surface area contributed by atoms with E-state index in [9.17, 15) is 5.26 Å². The van der Waals surface area contributed by atoms with Crippen LogP contribution in [0.3, 0.4) is 0 Å². The van der Waals surface area contributed by atoms with Crippen LogP contribution < -0.4 is 5.73 Å². The van der Waals surface area contributed by atoms with Crippen LogP contribution in [0.5, 0.6) is 0 Å². The van der Waals surface area contributed by atoms with Crippen molar-refractivity contribution in [2.45, 2.75) is 6.54 Å². The van der Waals surface area contributed by atoms with E-state index in [4.69, 9.17) is 5.73 Å². The van der Waals surface area contributed by atoms with Gasteiger partial charge in [0.15, 0.2) is 0 Å². The molecule has 0 atom stereocenters. The van der Waals surface area contributed by atoms with Crippen LogP contribution >= 0.6 is 11.3 Å². The molecule has 2 heterocycles. The van der Waals surface area contributed by atoms with Crippen LogP contribution in [-0.4, -0.2) is 4.98 Å². The van der Waals surface area contributed by atoms with Gasteiger partial charge in [0.05, 0.1) is 5.52 Å². The molecular weight excluding hydrogens is 254 g/mol. The monoisotopic (exact) mass is 265 g/mol. The lowest BCUT2D eigenvalue weighted by Crippen LogP contribution is -1.92. The smallest absolute Gasteiger partial charge is 0.149 e. The minimum atomic E-state index is 0.458. The standard InChI is InChI=1S/C15H11N3S/c16-7-12-5-11(9-19-12)13-6-10-3-1-2-4-14(10)18-15(13)8-17/h1-6,9H,7,16H2. The molecule has 0 saturated carbocycles. The summed E-state index contributed by atoms with van der Waals surface area (Å²) in [5, 5.41) is 12.3. The normalized spacial score (nSPS) is 10.5. The Hall–Kier alpha value is -2.22. The highest BCUT2D eigenvalue weighted by Crippen LogP contribution is 2.29. The van der Waals surface area contributed by atoms with Crippen LogP contribution in [0.2, 0.25) is 0 Å². The lowest BCUT2D eigenvalue weighted by Gasteiger charge is -2.04. The summed E-state index contributed by atoms with van der Waals surface area (Å²) in [5.41, 5.74) is 8.82. The van der Waals surface area contributed by atoms with E-state index in [1.54, 1.807) is 11.3 Å². The van der Waals surface area contributed by atoms with Crippen LogP contribution in [0.1, 0.15) is 10.6 Å². The number of nitriles is 1. The third-order valence-electron chi connectivity index (χ3n) is 3.00. The predicted octanol–water partition coefficient (Wildman–Crippen LogP) is 3.29. The molecule has 0 radical (unpaired) electrons. The maximum absolute atomic E-state index is 9.27. The molecule has 3 nitrogen and oxygen atoms in total. The summed E-state index contributed by atoms with van der Waals surface area (Å²) in [4.78, 5) is 5.52. The van der Waals surface area contributed by atoms with Crippen molar-refractivity contribution in [3.63, 3.8) is 0 Å². The Morgan fingerprint density at radius 1 is 1.26 bits per heavy atom. The molecule has 1 aromatic carbocycles. The zero-order valence-electron chi connectivity index (χ0n) is 10.1. The average Bonchev–Trinajstić information content (AvgIpc) is 2.94. The zero-order valence-corrected chi connectivity index (χ0v) is 10.9. The first kappa shape index (κ1) is 11.8. The molecule has 0 spiro atoms. The van der Waals surface area contributed by atoms with Gasteiger partial charge in [-0.2, -0.15) is 5.26 Å². The summed E-state index contributed by atoms with van der Waals surface area (Å²) in [7, 11) is 0. The van der Waals surface area contributed by atoms with Crippen LogP contribution in [0.4, 0.5) is 0 Å². The largest absolute Gasteiger partial charge is 0.326 e. The fourth-order valence-electron chi connectivity index (χ4n) is 2.05. The second-order valence-corrected chi connectivity index (χ2v) is 5.19. The molecule has 2 N–H and O–H groups in total. The Kier molecular flexibility index (Phi) is 3.00. The molecule has 0 fully saturated rings. The van der Waals surface area contributed by atoms with E-state index in [1.807, 2.05) is 41.8 Å². The number of hydrogen-bond donors (Lipinski definition) is 1. The Morgan fingerprint density at radius 3 is 2.84 bits per heavy atom. The van der Waals surface area contributed by atoms with Crippen molar-refractivity contribution in [1.82, 2.24) is 4.98 Å². The van der Waals surface area contributed by atoms with E-state index >= 15 is 0 Å². The molecular formula is C15H11N3S. The van der Waals surface area contributed by atoms with Crippen molar-refractivity contribution in [2.75, 3.05) is 0 Å². The number of nitrogens with zero attached hydrogens (tertiary/aromatic N) is 2. The van der Waals surface area contributed by atoms with E-state index < -0.39 is 0 Å². The van der Waals surface area contributed by atoms with Crippen molar-refractivity contribution < 1.29 is 0 Å². The van der Waals surface area contributed by atoms with Crippen molar-refractivity contribution in [3.8, 4) is 17.2 Å². The Bertz CT molecular complexity index is 783. The number of hydrogen-bond acceptors (Lipinski definition) is 4. The lowest BCUT2D eigenvalue weighted by molar-refractivity contribution is 1.11. The van der Waals surface area contributed by atoms with Crippen molar-refractivity contribution in [1.29, 1.82) is 5.26 Å². The quantitative estimate of drug-likeness (QED) is 0.773. The van der Waals surface area contributed by atoms with Gasteiger partial charge < -0.3 is 5.73 Å². The Morgan fingerprint density at radius 2 is 2.11 bits per heavy atom. The van der Waals surface area contributed by atoms with Crippen LogP contribution in [-0.2, 0) is 6.54 Å². The number of nitrogens with two attached hydrogens (primary N) is 1. The second-order valence-electron chi connectivity index (χ2n) is 4.19. The Labute approximate surface area is 114 Å². The molecule has 19 heavy (non-hydrogen) atoms. The summed E-state index contributed by atoms with van der Waals surface area (Å²) < 4.78 is 0. The summed E-state index contributed by atoms with van der Waals surface area (Å²) in [6.07, 6.45) is 0. The average molecular weight is 265 g/mol. The minimum Gasteiger partial charge on any atom is -0.326 e. The van der Waals surface area contributed by atoms with Gasteiger partial charge in [0.2, 0.25) is 0 Å². The Balaban J connectivity index is 2.24. The number of pyridine rings is 1. The fourth-order valence-corrected chi connectivity index (χ4v) is 2.81. The predicted molar refractivity (Wildman–Crippen MR) is 77.7 cm³/mol. The first-order valence-corrected chi connectivity index (χ1v) is 6.77. The van der Waals surface area contributed by atoms with Crippen LogP contribution in [0.15, 0.2) is 41.8 Å². The van der Waals surface area contributed by atoms with Gasteiger partial charge in [0.1, 0.15) is 11.8 Å². The van der Waals surface area contributed by atoms with E-state index in [0.717, 1.165) is 26.9 Å². The highest BCUT2D eigenvalue weighted by molar-refractivity contribution is 7.10. The molecule has 3 rings (SSSR count). The van der Waals surface area contributed by atoms with Gasteiger partial charge in [-0.15, -0.1) is 11.3 Å². The van der Waals surface area contributed by atoms with E-state index in [0.29, 0.717) is 12.2 Å². The van der Waals surface area contributed by atoms with Gasteiger partial charge in [-0.3, -0.25) is 0 Å². The molecule has 0 aliphatic rings. The highest BCUT2D eigenvalue weighted by atomic mass is 32.1. The zero-order chi connectivity index (χ0) is 13.2. The lowest BCUT2D eigenvalue weighted by atomic mass is 10.0. The number of para-hydroxylation sites is 1. The summed E-state index contributed by atoms with van der Waals surface area (Å²) in [6.45, 7) is 0.521. The number of rotatable bonds is 2. The van der Waals surface area contributed by atoms with E-state index in [2.05, 4.69) is 11.1 Å². The molecule has 0 unspecified atom stereocenters. The number of benzene rings is 1. The summed E-state index contributed by atoms with van der Waals surface area (Å²) in [6, 6.07) is 14.0. The summed E-state index contributed by atoms with van der Waals surface area (Å²) in [5.74, 6) is 0. The SMILES string of the molecule is N#Cc1nc2ccccc2cc1-c1csc(CN)c1. The van der Waals surface area contributed by atoms with Crippen molar-refractivity contribution in [3.05, 3.63) is 52.3 Å². The van der Waals surface area contributed by atoms with Crippen molar-refractivity contribution >= 4 is 22.2 Å². The molecule has 0 aliphatic carbocycles. The van der Waals surface area contributed by atoms with Gasteiger partial charge in [-0.25, -0.2) is 4.98 Å². The molecule has 0 amide bonds. The molecule has 0 aliphatic heterocycles. The molecule has 4 heteroatoms. The first-order valence-electron chi connectivity index (χ1n) is 5.89. The van der Waals surface area contributed by atoms with Crippen LogP contribution in [0, 0.1) is 11.3 Å². The fraction of sp³-hybridized carbons (Fsp3) is 0.0667. The second kappa shape index (κ2) is 4.81. The molecule has 3 aromatic rings. The summed E-state index contributed by atoms with van der Waals surface area (Å²) >= 11 is 1.61. The number of fused-ring (bicyclic) bond motifs is 1. The molecule has 0 bridgehead atoms. The van der Waals surface area contributed by atoms with Crippen LogP contribution in [0.25, 0.3) is 22.0 Å². The van der Waals surface area contributed by atoms with Gasteiger partial charge in [0.25, 0.3) is 0 Å². The van der Waals surface area contributed by atoms with E-state index in [-0.39, 0.29) is 0 Å². The van der Waals surface area contributed by atoms with Gasteiger partial charge in [0, 0.05) is 22.4 Å². The number of aromatic nitrogens is 1. The van der Waals surface area contributed by atoms with Gasteiger partial charge in [-0.1, -0.05) is 18.2 Å². The molecule has 2 aromatic heterocycles. The highest BCUT2D eigenvalue weighted by Gasteiger charge is 2.10. The maximum atomic E-state index is 9.27. The third kappa shape index (κ3) is 2.10. The van der Waals surface area contributed by atoms with Crippen molar-refractivity contribution in [2.24, 2.45) is 5.73 Å². The molecule has 92 valence electrons. The molecule has 0 saturated heterocycles. The first-order chi connectivity index (χ1) is 9.31. The topological polar surface area (TPSA) is 62.7 Å². The number of thiophene rings is 1. The van der Waals surface area contributed by atoms with Gasteiger partial charge in [-0.05, 0) is 29.1 Å². The minimum absolute atomic E-state index is 0.458. The van der Waals surface area contributed by atoms with E-state index in [1.165, 1.54) is 0 Å². The maximum Gasteiger partial charge on any atom is 0.149 e.